The Labute approximate surface area is 106 Å². The van der Waals surface area contributed by atoms with Crippen molar-refractivity contribution in [1.82, 2.24) is 4.90 Å². The van der Waals surface area contributed by atoms with E-state index in [0.717, 1.165) is 5.76 Å². The van der Waals surface area contributed by atoms with E-state index < -0.39 is 0 Å². The van der Waals surface area contributed by atoms with E-state index in [1.165, 1.54) is 4.90 Å². The Kier molecular flexibility index (Phi) is 4.02. The normalized spacial score (nSPS) is 10.1. The summed E-state index contributed by atoms with van der Waals surface area (Å²) in [4.78, 5) is 13.3. The fraction of sp³-hybridized carbons (Fsp3) is 0.214. The Hall–Kier alpha value is -2.23. The fourth-order valence-electron chi connectivity index (χ4n) is 1.49. The number of ether oxygens (including phenoxy) is 1. The lowest BCUT2D eigenvalue weighted by Gasteiger charge is -2.15. The highest BCUT2D eigenvalue weighted by Crippen LogP contribution is 2.10. The molecule has 0 aliphatic heterocycles. The van der Waals surface area contributed by atoms with Crippen LogP contribution in [0.1, 0.15) is 5.76 Å². The SMILES string of the molecule is CN(CCc1ccco1)C(=O)Oc1ccccc1. The lowest BCUT2D eigenvalue weighted by Crippen LogP contribution is -2.31. The van der Waals surface area contributed by atoms with Crippen molar-refractivity contribution < 1.29 is 13.9 Å². The van der Waals surface area contributed by atoms with Gasteiger partial charge in [0.2, 0.25) is 0 Å². The predicted octanol–water partition coefficient (Wildman–Crippen LogP) is 2.95. The molecule has 0 spiro atoms. The van der Waals surface area contributed by atoms with Crippen molar-refractivity contribution in [3.05, 3.63) is 54.5 Å². The van der Waals surface area contributed by atoms with E-state index >= 15 is 0 Å². The molecule has 0 unspecified atom stereocenters. The van der Waals surface area contributed by atoms with Gasteiger partial charge in [0.05, 0.1) is 6.26 Å². The first kappa shape index (κ1) is 12.2. The molecule has 0 atom stereocenters. The Morgan fingerprint density at radius 1 is 1.22 bits per heavy atom. The van der Waals surface area contributed by atoms with E-state index in [1.807, 2.05) is 30.3 Å². The maximum atomic E-state index is 11.7. The zero-order chi connectivity index (χ0) is 12.8. The predicted molar refractivity (Wildman–Crippen MR) is 67.5 cm³/mol. The van der Waals surface area contributed by atoms with Crippen LogP contribution < -0.4 is 4.74 Å². The molecule has 1 aromatic carbocycles. The van der Waals surface area contributed by atoms with Gasteiger partial charge in [-0.3, -0.25) is 0 Å². The van der Waals surface area contributed by atoms with Gasteiger partial charge in [-0.15, -0.1) is 0 Å². The zero-order valence-electron chi connectivity index (χ0n) is 10.2. The lowest BCUT2D eigenvalue weighted by atomic mass is 10.3. The molecule has 1 aromatic heterocycles. The molecule has 0 aliphatic carbocycles. The summed E-state index contributed by atoms with van der Waals surface area (Å²) in [7, 11) is 1.70. The molecule has 2 rings (SSSR count). The minimum atomic E-state index is -0.368. The van der Waals surface area contributed by atoms with Crippen LogP contribution in [0.4, 0.5) is 4.79 Å². The van der Waals surface area contributed by atoms with Crippen LogP contribution in [0.25, 0.3) is 0 Å². The molecule has 94 valence electrons. The number of nitrogens with zero attached hydrogens (tertiary/aromatic N) is 1. The highest BCUT2D eigenvalue weighted by atomic mass is 16.6. The number of amides is 1. The molecule has 0 fully saturated rings. The molecule has 0 bridgehead atoms. The zero-order valence-corrected chi connectivity index (χ0v) is 10.2. The molecule has 1 amide bonds. The van der Waals surface area contributed by atoms with Crippen molar-refractivity contribution in [2.45, 2.75) is 6.42 Å². The second-order valence-corrected chi connectivity index (χ2v) is 3.93. The van der Waals surface area contributed by atoms with Crippen LogP contribution >= 0.6 is 0 Å². The molecule has 18 heavy (non-hydrogen) atoms. The standard InChI is InChI=1S/C14H15NO3/c1-15(10-9-12-8-5-11-17-12)14(16)18-13-6-3-2-4-7-13/h2-8,11H,9-10H2,1H3. The second-order valence-electron chi connectivity index (χ2n) is 3.93. The monoisotopic (exact) mass is 245 g/mol. The molecular weight excluding hydrogens is 230 g/mol. The van der Waals surface area contributed by atoms with Gasteiger partial charge in [-0.05, 0) is 24.3 Å². The first-order valence-corrected chi connectivity index (χ1v) is 5.76. The van der Waals surface area contributed by atoms with E-state index in [4.69, 9.17) is 9.15 Å². The van der Waals surface area contributed by atoms with Crippen LogP contribution in [0.3, 0.4) is 0 Å². The van der Waals surface area contributed by atoms with Crippen molar-refractivity contribution in [3.63, 3.8) is 0 Å². The Morgan fingerprint density at radius 2 is 2.00 bits per heavy atom. The van der Waals surface area contributed by atoms with Crippen molar-refractivity contribution in [2.24, 2.45) is 0 Å². The van der Waals surface area contributed by atoms with Gasteiger partial charge < -0.3 is 14.1 Å². The molecule has 0 N–H and O–H groups in total. The van der Waals surface area contributed by atoms with Gasteiger partial charge in [-0.1, -0.05) is 18.2 Å². The average Bonchev–Trinajstić information content (AvgIpc) is 2.90. The summed E-state index contributed by atoms with van der Waals surface area (Å²) < 4.78 is 10.4. The van der Waals surface area contributed by atoms with Crippen molar-refractivity contribution >= 4 is 6.09 Å². The fourth-order valence-corrected chi connectivity index (χ4v) is 1.49. The van der Waals surface area contributed by atoms with Gasteiger partial charge in [0.1, 0.15) is 11.5 Å². The Balaban J connectivity index is 1.82. The molecular formula is C14H15NO3. The van der Waals surface area contributed by atoms with Gasteiger partial charge in [0, 0.05) is 20.0 Å². The molecule has 0 radical (unpaired) electrons. The number of likely N-dealkylation sites (N-methyl/N-ethyl adjacent to an activating group) is 1. The number of benzene rings is 1. The number of hydrogen-bond donors (Lipinski definition) is 0. The maximum Gasteiger partial charge on any atom is 0.414 e. The van der Waals surface area contributed by atoms with Crippen LogP contribution in [-0.4, -0.2) is 24.6 Å². The summed E-state index contributed by atoms with van der Waals surface area (Å²) >= 11 is 0. The number of furan rings is 1. The summed E-state index contributed by atoms with van der Waals surface area (Å²) in [6.45, 7) is 0.555. The number of carbonyl (C=O) groups is 1. The second kappa shape index (κ2) is 5.91. The van der Waals surface area contributed by atoms with Gasteiger partial charge in [-0.25, -0.2) is 4.79 Å². The van der Waals surface area contributed by atoms with Crippen LogP contribution in [-0.2, 0) is 6.42 Å². The van der Waals surface area contributed by atoms with E-state index in [-0.39, 0.29) is 6.09 Å². The van der Waals surface area contributed by atoms with Gasteiger partial charge in [0.25, 0.3) is 0 Å². The quantitative estimate of drug-likeness (QED) is 0.831. The summed E-state index contributed by atoms with van der Waals surface area (Å²) in [6, 6.07) is 12.7. The van der Waals surface area contributed by atoms with Crippen LogP contribution in [0, 0.1) is 0 Å². The first-order chi connectivity index (χ1) is 8.75. The number of hydrogen-bond acceptors (Lipinski definition) is 3. The van der Waals surface area contributed by atoms with Gasteiger partial charge in [0.15, 0.2) is 0 Å². The first-order valence-electron chi connectivity index (χ1n) is 5.76. The van der Waals surface area contributed by atoms with E-state index in [1.54, 1.807) is 25.4 Å². The number of para-hydroxylation sites is 1. The van der Waals surface area contributed by atoms with Crippen LogP contribution in [0.2, 0.25) is 0 Å². The van der Waals surface area contributed by atoms with E-state index in [9.17, 15) is 4.79 Å². The third-order valence-electron chi connectivity index (χ3n) is 2.53. The van der Waals surface area contributed by atoms with Gasteiger partial charge >= 0.3 is 6.09 Å². The van der Waals surface area contributed by atoms with Crippen molar-refractivity contribution in [3.8, 4) is 5.75 Å². The highest BCUT2D eigenvalue weighted by molar-refractivity contribution is 5.70. The minimum absolute atomic E-state index is 0.368. The Bertz CT molecular complexity index is 479. The smallest absolute Gasteiger partial charge is 0.414 e. The number of carbonyl (C=O) groups excluding carboxylic acids is 1. The summed E-state index contributed by atoms with van der Waals surface area (Å²) in [5.74, 6) is 1.40. The van der Waals surface area contributed by atoms with Crippen LogP contribution in [0.15, 0.2) is 53.1 Å². The van der Waals surface area contributed by atoms with Gasteiger partial charge in [-0.2, -0.15) is 0 Å². The number of rotatable bonds is 4. The highest BCUT2D eigenvalue weighted by Gasteiger charge is 2.11. The summed E-state index contributed by atoms with van der Waals surface area (Å²) in [5.41, 5.74) is 0. The lowest BCUT2D eigenvalue weighted by molar-refractivity contribution is 0.163. The van der Waals surface area contributed by atoms with Crippen molar-refractivity contribution in [2.75, 3.05) is 13.6 Å². The minimum Gasteiger partial charge on any atom is -0.469 e. The maximum absolute atomic E-state index is 11.7. The summed E-state index contributed by atoms with van der Waals surface area (Å²) in [5, 5.41) is 0. The third kappa shape index (κ3) is 3.38. The molecule has 4 nitrogen and oxygen atoms in total. The molecule has 0 saturated carbocycles. The molecule has 1 heterocycles. The molecule has 2 aromatic rings. The molecule has 0 saturated heterocycles. The van der Waals surface area contributed by atoms with E-state index in [2.05, 4.69) is 0 Å². The topological polar surface area (TPSA) is 42.7 Å². The summed E-state index contributed by atoms with van der Waals surface area (Å²) in [6.07, 6.45) is 1.93. The van der Waals surface area contributed by atoms with E-state index in [0.29, 0.717) is 18.7 Å². The largest absolute Gasteiger partial charge is 0.469 e. The van der Waals surface area contributed by atoms with Crippen molar-refractivity contribution in [1.29, 1.82) is 0 Å². The molecule has 0 aliphatic rings. The molecule has 4 heteroatoms. The van der Waals surface area contributed by atoms with Crippen LogP contribution in [0.5, 0.6) is 5.75 Å². The average molecular weight is 245 g/mol. The third-order valence-corrected chi connectivity index (χ3v) is 2.53. The Morgan fingerprint density at radius 3 is 2.67 bits per heavy atom.